The summed E-state index contributed by atoms with van der Waals surface area (Å²) in [5.74, 6) is -0.125. The molecular formula is C14H17N3O2. The SMILES string of the molecule is Cc1nn(C)c(C)c1CNC(=O)c1cccc(O)c1. The van der Waals surface area contributed by atoms with Gasteiger partial charge in [0.25, 0.3) is 5.91 Å². The molecule has 2 rings (SSSR count). The number of amides is 1. The van der Waals surface area contributed by atoms with E-state index >= 15 is 0 Å². The molecule has 2 aromatic rings. The van der Waals surface area contributed by atoms with E-state index in [4.69, 9.17) is 0 Å². The summed E-state index contributed by atoms with van der Waals surface area (Å²) >= 11 is 0. The highest BCUT2D eigenvalue weighted by molar-refractivity contribution is 5.94. The van der Waals surface area contributed by atoms with E-state index in [1.807, 2.05) is 20.9 Å². The Hall–Kier alpha value is -2.30. The van der Waals surface area contributed by atoms with Gasteiger partial charge in [0, 0.05) is 30.4 Å². The maximum atomic E-state index is 12.0. The second-order valence-electron chi connectivity index (χ2n) is 4.51. The van der Waals surface area contributed by atoms with Crippen LogP contribution < -0.4 is 5.32 Å². The molecule has 0 aliphatic heterocycles. The van der Waals surface area contributed by atoms with Gasteiger partial charge in [0.2, 0.25) is 0 Å². The van der Waals surface area contributed by atoms with Crippen LogP contribution in [-0.4, -0.2) is 20.8 Å². The third kappa shape index (κ3) is 2.76. The van der Waals surface area contributed by atoms with Crippen molar-refractivity contribution in [3.8, 4) is 5.75 Å². The van der Waals surface area contributed by atoms with Gasteiger partial charge in [0.1, 0.15) is 5.75 Å². The van der Waals surface area contributed by atoms with Crippen LogP contribution in [0.1, 0.15) is 27.3 Å². The normalized spacial score (nSPS) is 10.5. The van der Waals surface area contributed by atoms with Gasteiger partial charge in [-0.25, -0.2) is 0 Å². The number of phenolic OH excluding ortho intramolecular Hbond substituents is 1. The highest BCUT2D eigenvalue weighted by Gasteiger charge is 2.11. The first-order valence-corrected chi connectivity index (χ1v) is 6.05. The minimum atomic E-state index is -0.210. The van der Waals surface area contributed by atoms with Gasteiger partial charge in [-0.1, -0.05) is 6.07 Å². The van der Waals surface area contributed by atoms with Gasteiger partial charge in [0.15, 0.2) is 0 Å². The van der Waals surface area contributed by atoms with Crippen LogP contribution in [0.2, 0.25) is 0 Å². The summed E-state index contributed by atoms with van der Waals surface area (Å²) in [7, 11) is 1.88. The Morgan fingerprint density at radius 3 is 2.74 bits per heavy atom. The second-order valence-corrected chi connectivity index (χ2v) is 4.51. The van der Waals surface area contributed by atoms with E-state index in [9.17, 15) is 9.90 Å². The van der Waals surface area contributed by atoms with Crippen LogP contribution in [0, 0.1) is 13.8 Å². The summed E-state index contributed by atoms with van der Waals surface area (Å²) in [6.07, 6.45) is 0. The van der Waals surface area contributed by atoms with Crippen molar-refractivity contribution in [2.24, 2.45) is 7.05 Å². The highest BCUT2D eigenvalue weighted by Crippen LogP contribution is 2.13. The van der Waals surface area contributed by atoms with Crippen molar-refractivity contribution in [1.29, 1.82) is 0 Å². The third-order valence-corrected chi connectivity index (χ3v) is 3.19. The quantitative estimate of drug-likeness (QED) is 0.881. The van der Waals surface area contributed by atoms with Crippen LogP contribution in [-0.2, 0) is 13.6 Å². The Kier molecular flexibility index (Phi) is 3.55. The zero-order chi connectivity index (χ0) is 14.0. The van der Waals surface area contributed by atoms with E-state index in [1.165, 1.54) is 12.1 Å². The summed E-state index contributed by atoms with van der Waals surface area (Å²) in [6.45, 7) is 4.32. The molecule has 0 saturated carbocycles. The number of aryl methyl sites for hydroxylation is 2. The number of hydrogen-bond acceptors (Lipinski definition) is 3. The minimum absolute atomic E-state index is 0.0846. The molecule has 0 radical (unpaired) electrons. The molecule has 1 amide bonds. The highest BCUT2D eigenvalue weighted by atomic mass is 16.3. The molecule has 0 bridgehead atoms. The molecule has 2 N–H and O–H groups in total. The molecule has 5 heteroatoms. The number of carbonyl (C=O) groups is 1. The Balaban J connectivity index is 2.09. The fourth-order valence-electron chi connectivity index (χ4n) is 1.99. The Morgan fingerprint density at radius 1 is 1.42 bits per heavy atom. The second kappa shape index (κ2) is 5.14. The van der Waals surface area contributed by atoms with E-state index in [0.29, 0.717) is 12.1 Å². The van der Waals surface area contributed by atoms with E-state index in [2.05, 4.69) is 10.4 Å². The smallest absolute Gasteiger partial charge is 0.251 e. The van der Waals surface area contributed by atoms with Gasteiger partial charge in [0.05, 0.1) is 5.69 Å². The fraction of sp³-hybridized carbons (Fsp3) is 0.286. The number of aromatic nitrogens is 2. The Morgan fingerprint density at radius 2 is 2.16 bits per heavy atom. The van der Waals surface area contributed by atoms with Crippen molar-refractivity contribution in [3.63, 3.8) is 0 Å². The van der Waals surface area contributed by atoms with Crippen molar-refractivity contribution in [3.05, 3.63) is 46.8 Å². The molecule has 0 spiro atoms. The average molecular weight is 259 g/mol. The number of benzene rings is 1. The van der Waals surface area contributed by atoms with Crippen molar-refractivity contribution in [1.82, 2.24) is 15.1 Å². The lowest BCUT2D eigenvalue weighted by Gasteiger charge is -2.06. The summed E-state index contributed by atoms with van der Waals surface area (Å²) in [5, 5.41) is 16.5. The van der Waals surface area contributed by atoms with E-state index in [0.717, 1.165) is 17.0 Å². The molecule has 1 heterocycles. The van der Waals surface area contributed by atoms with Crippen LogP contribution in [0.15, 0.2) is 24.3 Å². The van der Waals surface area contributed by atoms with Crippen LogP contribution in [0.25, 0.3) is 0 Å². The first-order chi connectivity index (χ1) is 8.99. The summed E-state index contributed by atoms with van der Waals surface area (Å²) in [4.78, 5) is 12.0. The van der Waals surface area contributed by atoms with Crippen LogP contribution in [0.3, 0.4) is 0 Å². The predicted octanol–water partition coefficient (Wildman–Crippen LogP) is 1.67. The number of nitrogens with one attached hydrogen (secondary N) is 1. The van der Waals surface area contributed by atoms with Gasteiger partial charge in [-0.15, -0.1) is 0 Å². The number of phenols is 1. The van der Waals surface area contributed by atoms with Gasteiger partial charge in [-0.3, -0.25) is 9.48 Å². The van der Waals surface area contributed by atoms with Crippen LogP contribution >= 0.6 is 0 Å². The largest absolute Gasteiger partial charge is 0.508 e. The zero-order valence-corrected chi connectivity index (χ0v) is 11.3. The molecule has 0 aliphatic rings. The number of carbonyl (C=O) groups excluding carboxylic acids is 1. The van der Waals surface area contributed by atoms with E-state index in [1.54, 1.807) is 16.8 Å². The number of hydrogen-bond donors (Lipinski definition) is 2. The topological polar surface area (TPSA) is 67.2 Å². The monoisotopic (exact) mass is 259 g/mol. The van der Waals surface area contributed by atoms with Gasteiger partial charge < -0.3 is 10.4 Å². The Labute approximate surface area is 111 Å². The molecule has 5 nitrogen and oxygen atoms in total. The first-order valence-electron chi connectivity index (χ1n) is 6.05. The van der Waals surface area contributed by atoms with Crippen molar-refractivity contribution < 1.29 is 9.90 Å². The summed E-state index contributed by atoms with van der Waals surface area (Å²) in [6, 6.07) is 6.29. The van der Waals surface area contributed by atoms with Crippen molar-refractivity contribution in [2.45, 2.75) is 20.4 Å². The Bertz CT molecular complexity index is 617. The standard InChI is InChI=1S/C14H17N3O2/c1-9-13(10(2)17(3)16-9)8-15-14(19)11-5-4-6-12(18)7-11/h4-7,18H,8H2,1-3H3,(H,15,19). The van der Waals surface area contributed by atoms with Crippen molar-refractivity contribution >= 4 is 5.91 Å². The summed E-state index contributed by atoms with van der Waals surface area (Å²) in [5.41, 5.74) is 3.42. The molecule has 0 unspecified atom stereocenters. The molecule has 100 valence electrons. The first kappa shape index (κ1) is 13.1. The number of aromatic hydroxyl groups is 1. The molecule has 19 heavy (non-hydrogen) atoms. The summed E-state index contributed by atoms with van der Waals surface area (Å²) < 4.78 is 1.80. The predicted molar refractivity (Wildman–Crippen MR) is 72.0 cm³/mol. The molecule has 0 saturated heterocycles. The molecule has 0 atom stereocenters. The van der Waals surface area contributed by atoms with Crippen LogP contribution in [0.5, 0.6) is 5.75 Å². The van der Waals surface area contributed by atoms with Gasteiger partial charge in [-0.05, 0) is 32.0 Å². The molecule has 1 aromatic heterocycles. The molecule has 0 fully saturated rings. The maximum Gasteiger partial charge on any atom is 0.251 e. The lowest BCUT2D eigenvalue weighted by Crippen LogP contribution is -2.23. The fourth-order valence-corrected chi connectivity index (χ4v) is 1.99. The molecular weight excluding hydrogens is 242 g/mol. The number of rotatable bonds is 3. The maximum absolute atomic E-state index is 12.0. The van der Waals surface area contributed by atoms with Gasteiger partial charge >= 0.3 is 0 Å². The molecule has 1 aromatic carbocycles. The zero-order valence-electron chi connectivity index (χ0n) is 11.3. The van der Waals surface area contributed by atoms with E-state index < -0.39 is 0 Å². The van der Waals surface area contributed by atoms with Crippen molar-refractivity contribution in [2.75, 3.05) is 0 Å². The van der Waals surface area contributed by atoms with Gasteiger partial charge in [-0.2, -0.15) is 5.10 Å². The lowest BCUT2D eigenvalue weighted by molar-refractivity contribution is 0.0950. The lowest BCUT2D eigenvalue weighted by atomic mass is 10.1. The van der Waals surface area contributed by atoms with E-state index in [-0.39, 0.29) is 11.7 Å². The third-order valence-electron chi connectivity index (χ3n) is 3.19. The van der Waals surface area contributed by atoms with Crippen LogP contribution in [0.4, 0.5) is 0 Å². The molecule has 0 aliphatic carbocycles. The minimum Gasteiger partial charge on any atom is -0.508 e. The number of nitrogens with zero attached hydrogens (tertiary/aromatic N) is 2. The average Bonchev–Trinajstić information content (AvgIpc) is 2.61.